The summed E-state index contributed by atoms with van der Waals surface area (Å²) >= 11 is 3.35. The molecule has 0 fully saturated rings. The Morgan fingerprint density at radius 3 is 2.27 bits per heavy atom. The van der Waals surface area contributed by atoms with Crippen molar-refractivity contribution in [1.29, 1.82) is 0 Å². The van der Waals surface area contributed by atoms with E-state index in [1.807, 2.05) is 24.3 Å². The van der Waals surface area contributed by atoms with E-state index in [0.717, 1.165) is 10.0 Å². The molecule has 6 heteroatoms. The topological polar surface area (TPSA) is 70.6 Å². The zero-order valence-corrected chi connectivity index (χ0v) is 13.4. The smallest absolute Gasteiger partial charge is 0.271 e. The number of carbonyl (C=O) groups is 2. The zero-order valence-electron chi connectivity index (χ0n) is 11.8. The summed E-state index contributed by atoms with van der Waals surface area (Å²) in [7, 11) is 0. The molecule has 0 aliphatic carbocycles. The van der Waals surface area contributed by atoms with Crippen molar-refractivity contribution in [3.8, 4) is 0 Å². The van der Waals surface area contributed by atoms with Gasteiger partial charge in [-0.25, -0.2) is 5.43 Å². The molecule has 0 aromatic heterocycles. The molecule has 0 radical (unpaired) electrons. The summed E-state index contributed by atoms with van der Waals surface area (Å²) in [5.41, 5.74) is 4.43. The van der Waals surface area contributed by atoms with Crippen LogP contribution in [0.1, 0.15) is 22.8 Å². The second kappa shape index (κ2) is 7.51. The number of hydrazone groups is 1. The van der Waals surface area contributed by atoms with Crippen molar-refractivity contribution in [2.45, 2.75) is 6.92 Å². The van der Waals surface area contributed by atoms with Gasteiger partial charge in [-0.3, -0.25) is 9.59 Å². The van der Waals surface area contributed by atoms with Gasteiger partial charge in [0.15, 0.2) is 0 Å². The van der Waals surface area contributed by atoms with Crippen molar-refractivity contribution < 1.29 is 9.59 Å². The molecule has 2 N–H and O–H groups in total. The number of benzene rings is 2. The molecule has 2 rings (SSSR count). The summed E-state index contributed by atoms with van der Waals surface area (Å²) in [6.45, 7) is 1.43. The summed E-state index contributed by atoms with van der Waals surface area (Å²) < 4.78 is 0.980. The van der Waals surface area contributed by atoms with Gasteiger partial charge in [-0.1, -0.05) is 28.1 Å². The van der Waals surface area contributed by atoms with Crippen LogP contribution >= 0.6 is 15.9 Å². The van der Waals surface area contributed by atoms with Gasteiger partial charge in [0.2, 0.25) is 5.91 Å². The molecule has 0 unspecified atom stereocenters. The molecule has 22 heavy (non-hydrogen) atoms. The van der Waals surface area contributed by atoms with E-state index in [1.165, 1.54) is 6.92 Å². The molecular formula is C16H14BrN3O2. The summed E-state index contributed by atoms with van der Waals surface area (Å²) in [6, 6.07) is 14.1. The van der Waals surface area contributed by atoms with Crippen LogP contribution in [-0.2, 0) is 4.79 Å². The maximum atomic E-state index is 11.9. The summed E-state index contributed by atoms with van der Waals surface area (Å²) in [5, 5.41) is 6.54. The van der Waals surface area contributed by atoms with Crippen molar-refractivity contribution >= 4 is 39.6 Å². The minimum atomic E-state index is -0.317. The Kier molecular flexibility index (Phi) is 5.43. The average molecular weight is 360 g/mol. The molecule has 0 bridgehead atoms. The fourth-order valence-corrected chi connectivity index (χ4v) is 1.95. The van der Waals surface area contributed by atoms with E-state index in [-0.39, 0.29) is 11.8 Å². The fraction of sp³-hybridized carbons (Fsp3) is 0.0625. The van der Waals surface area contributed by atoms with E-state index < -0.39 is 0 Å². The SMILES string of the molecule is CC(=O)Nc1ccc(C(=O)N/N=C/c2ccc(Br)cc2)cc1. The second-order valence-electron chi connectivity index (χ2n) is 4.51. The predicted molar refractivity (Wildman–Crippen MR) is 89.9 cm³/mol. The zero-order chi connectivity index (χ0) is 15.9. The molecule has 0 spiro atoms. The largest absolute Gasteiger partial charge is 0.326 e. The molecule has 0 heterocycles. The molecule has 5 nitrogen and oxygen atoms in total. The third-order valence-electron chi connectivity index (χ3n) is 2.72. The van der Waals surface area contributed by atoms with Gasteiger partial charge in [0.25, 0.3) is 5.91 Å². The normalized spacial score (nSPS) is 10.5. The quantitative estimate of drug-likeness (QED) is 0.650. The van der Waals surface area contributed by atoms with Crippen LogP contribution < -0.4 is 10.7 Å². The van der Waals surface area contributed by atoms with Crippen molar-refractivity contribution in [2.75, 3.05) is 5.32 Å². The number of hydrogen-bond acceptors (Lipinski definition) is 3. The highest BCUT2D eigenvalue weighted by Crippen LogP contribution is 2.10. The summed E-state index contributed by atoms with van der Waals surface area (Å²) in [4.78, 5) is 22.8. The lowest BCUT2D eigenvalue weighted by molar-refractivity contribution is -0.114. The Morgan fingerprint density at radius 1 is 1.05 bits per heavy atom. The first-order valence-corrected chi connectivity index (χ1v) is 7.30. The molecule has 0 aliphatic rings. The monoisotopic (exact) mass is 359 g/mol. The van der Waals surface area contributed by atoms with E-state index in [0.29, 0.717) is 11.3 Å². The Labute approximate surface area is 136 Å². The standard InChI is InChI=1S/C16H14BrN3O2/c1-11(21)19-15-8-4-13(5-9-15)16(22)20-18-10-12-2-6-14(17)7-3-12/h2-10H,1H3,(H,19,21)(H,20,22)/b18-10+. The number of nitrogens with one attached hydrogen (secondary N) is 2. The molecule has 0 atom stereocenters. The Morgan fingerprint density at radius 2 is 1.68 bits per heavy atom. The van der Waals surface area contributed by atoms with Crippen molar-refractivity contribution in [2.24, 2.45) is 5.10 Å². The van der Waals surface area contributed by atoms with Crippen LogP contribution in [0, 0.1) is 0 Å². The predicted octanol–water partition coefficient (Wildman–Crippen LogP) is 3.17. The van der Waals surface area contributed by atoms with Gasteiger partial charge in [-0.05, 0) is 42.0 Å². The molecule has 0 aliphatic heterocycles. The van der Waals surface area contributed by atoms with Crippen LogP contribution in [-0.4, -0.2) is 18.0 Å². The summed E-state index contributed by atoms with van der Waals surface area (Å²) in [6.07, 6.45) is 1.57. The second-order valence-corrected chi connectivity index (χ2v) is 5.42. The van der Waals surface area contributed by atoms with Gasteiger partial charge in [0.05, 0.1) is 6.21 Å². The van der Waals surface area contributed by atoms with Gasteiger partial charge in [0, 0.05) is 22.6 Å². The molecule has 2 aromatic carbocycles. The Hall–Kier alpha value is -2.47. The fourth-order valence-electron chi connectivity index (χ4n) is 1.69. The lowest BCUT2D eigenvalue weighted by Crippen LogP contribution is -2.17. The first-order chi connectivity index (χ1) is 10.5. The van der Waals surface area contributed by atoms with Crippen LogP contribution in [0.2, 0.25) is 0 Å². The van der Waals surface area contributed by atoms with Crippen LogP contribution in [0.25, 0.3) is 0 Å². The first-order valence-electron chi connectivity index (χ1n) is 6.51. The molecule has 2 amide bonds. The third kappa shape index (κ3) is 4.82. The minimum Gasteiger partial charge on any atom is -0.326 e. The molecule has 112 valence electrons. The molecule has 2 aromatic rings. The minimum absolute atomic E-state index is 0.156. The number of halogens is 1. The number of anilines is 1. The van der Waals surface area contributed by atoms with E-state index in [2.05, 4.69) is 31.8 Å². The maximum absolute atomic E-state index is 11.9. The van der Waals surface area contributed by atoms with Crippen molar-refractivity contribution in [3.63, 3.8) is 0 Å². The molecule has 0 saturated heterocycles. The number of carbonyl (C=O) groups excluding carboxylic acids is 2. The lowest BCUT2D eigenvalue weighted by Gasteiger charge is -2.03. The van der Waals surface area contributed by atoms with E-state index >= 15 is 0 Å². The highest BCUT2D eigenvalue weighted by atomic mass is 79.9. The maximum Gasteiger partial charge on any atom is 0.271 e. The van der Waals surface area contributed by atoms with Gasteiger partial charge in [-0.15, -0.1) is 0 Å². The van der Waals surface area contributed by atoms with E-state index in [4.69, 9.17) is 0 Å². The first kappa shape index (κ1) is 15.9. The average Bonchev–Trinajstić information content (AvgIpc) is 2.49. The third-order valence-corrected chi connectivity index (χ3v) is 3.25. The lowest BCUT2D eigenvalue weighted by atomic mass is 10.2. The van der Waals surface area contributed by atoms with E-state index in [9.17, 15) is 9.59 Å². The van der Waals surface area contributed by atoms with Crippen LogP contribution in [0.5, 0.6) is 0 Å². The molecule has 0 saturated carbocycles. The Bertz CT molecular complexity index is 694. The molecular weight excluding hydrogens is 346 g/mol. The van der Waals surface area contributed by atoms with Crippen LogP contribution in [0.15, 0.2) is 58.1 Å². The van der Waals surface area contributed by atoms with Gasteiger partial charge in [0.1, 0.15) is 0 Å². The van der Waals surface area contributed by atoms with E-state index in [1.54, 1.807) is 30.5 Å². The number of hydrogen-bond donors (Lipinski definition) is 2. The van der Waals surface area contributed by atoms with Crippen molar-refractivity contribution in [3.05, 3.63) is 64.1 Å². The Balaban J connectivity index is 1.94. The summed E-state index contributed by atoms with van der Waals surface area (Å²) in [5.74, 6) is -0.473. The van der Waals surface area contributed by atoms with Gasteiger partial charge in [-0.2, -0.15) is 5.10 Å². The van der Waals surface area contributed by atoms with Crippen LogP contribution in [0.3, 0.4) is 0 Å². The highest BCUT2D eigenvalue weighted by molar-refractivity contribution is 9.10. The van der Waals surface area contributed by atoms with Crippen molar-refractivity contribution in [1.82, 2.24) is 5.43 Å². The number of rotatable bonds is 4. The number of amides is 2. The van der Waals surface area contributed by atoms with Crippen LogP contribution in [0.4, 0.5) is 5.69 Å². The van der Waals surface area contributed by atoms with Gasteiger partial charge < -0.3 is 5.32 Å². The highest BCUT2D eigenvalue weighted by Gasteiger charge is 2.04. The number of nitrogens with zero attached hydrogens (tertiary/aromatic N) is 1. The van der Waals surface area contributed by atoms with Gasteiger partial charge >= 0.3 is 0 Å².